The number of amides is 2. The minimum atomic E-state index is -4.14. The van der Waals surface area contributed by atoms with Crippen molar-refractivity contribution >= 4 is 27.5 Å². The summed E-state index contributed by atoms with van der Waals surface area (Å²) in [5.41, 5.74) is 1.92. The highest BCUT2D eigenvalue weighted by Gasteiger charge is 2.32. The molecule has 0 radical (unpaired) electrons. The highest BCUT2D eigenvalue weighted by atomic mass is 32.2. The average molecular weight is 568 g/mol. The topological polar surface area (TPSA) is 105 Å². The van der Waals surface area contributed by atoms with Gasteiger partial charge >= 0.3 is 0 Å². The number of carbonyl (C=O) groups excluding carboxylic acids is 2. The molecule has 0 aromatic heterocycles. The van der Waals surface area contributed by atoms with Crippen LogP contribution < -0.4 is 19.1 Å². The Balaban J connectivity index is 2.04. The number of hydrogen-bond acceptors (Lipinski definition) is 6. The summed E-state index contributed by atoms with van der Waals surface area (Å²) in [5.74, 6) is 0.261. The molecule has 0 aliphatic heterocycles. The second-order valence-electron chi connectivity index (χ2n) is 9.74. The first-order valence-corrected chi connectivity index (χ1v) is 14.4. The second-order valence-corrected chi connectivity index (χ2v) is 11.6. The summed E-state index contributed by atoms with van der Waals surface area (Å²) < 4.78 is 39.4. The van der Waals surface area contributed by atoms with Crippen LogP contribution in [-0.2, 0) is 26.2 Å². The first kappa shape index (κ1) is 30.5. The van der Waals surface area contributed by atoms with Crippen LogP contribution in [0.1, 0.15) is 31.9 Å². The maximum Gasteiger partial charge on any atom is 0.264 e. The van der Waals surface area contributed by atoms with Crippen LogP contribution in [0.5, 0.6) is 11.5 Å². The van der Waals surface area contributed by atoms with Crippen molar-refractivity contribution in [2.45, 2.75) is 51.2 Å². The predicted octanol–water partition coefficient (Wildman–Crippen LogP) is 4.15. The Morgan fingerprint density at radius 3 is 2.08 bits per heavy atom. The van der Waals surface area contributed by atoms with Crippen LogP contribution in [0.2, 0.25) is 0 Å². The summed E-state index contributed by atoms with van der Waals surface area (Å²) in [7, 11) is -1.08. The van der Waals surface area contributed by atoms with Crippen molar-refractivity contribution in [3.05, 3.63) is 83.9 Å². The minimum absolute atomic E-state index is 0.0478. The number of carbonyl (C=O) groups is 2. The van der Waals surface area contributed by atoms with E-state index in [1.807, 2.05) is 26.8 Å². The van der Waals surface area contributed by atoms with Crippen LogP contribution in [0.3, 0.4) is 0 Å². The van der Waals surface area contributed by atoms with E-state index < -0.39 is 28.5 Å². The number of nitrogens with zero attached hydrogens (tertiary/aromatic N) is 2. The van der Waals surface area contributed by atoms with E-state index in [0.717, 1.165) is 15.4 Å². The highest BCUT2D eigenvalue weighted by Crippen LogP contribution is 2.27. The molecule has 0 saturated heterocycles. The molecule has 10 heteroatoms. The van der Waals surface area contributed by atoms with E-state index in [0.29, 0.717) is 11.5 Å². The second kappa shape index (κ2) is 13.3. The number of methoxy groups -OCH3 is 2. The third-order valence-electron chi connectivity index (χ3n) is 6.33. The van der Waals surface area contributed by atoms with Crippen LogP contribution in [0.15, 0.2) is 77.7 Å². The Morgan fingerprint density at radius 1 is 0.875 bits per heavy atom. The number of ether oxygens (including phenoxy) is 2. The van der Waals surface area contributed by atoms with Crippen molar-refractivity contribution in [2.24, 2.45) is 0 Å². The monoisotopic (exact) mass is 567 g/mol. The van der Waals surface area contributed by atoms with Crippen LogP contribution >= 0.6 is 0 Å². The molecule has 0 bridgehead atoms. The fourth-order valence-electron chi connectivity index (χ4n) is 4.07. The van der Waals surface area contributed by atoms with E-state index in [9.17, 15) is 18.0 Å². The van der Waals surface area contributed by atoms with E-state index in [2.05, 4.69) is 5.32 Å². The van der Waals surface area contributed by atoms with Gasteiger partial charge in [-0.2, -0.15) is 0 Å². The number of anilines is 1. The van der Waals surface area contributed by atoms with E-state index in [1.54, 1.807) is 68.6 Å². The van der Waals surface area contributed by atoms with Crippen molar-refractivity contribution < 1.29 is 27.5 Å². The molecule has 0 aliphatic carbocycles. The van der Waals surface area contributed by atoms with Gasteiger partial charge in [0, 0.05) is 12.6 Å². The van der Waals surface area contributed by atoms with Crippen molar-refractivity contribution in [3.63, 3.8) is 0 Å². The number of sulfonamides is 1. The molecule has 3 aromatic rings. The Labute approximate surface area is 236 Å². The lowest BCUT2D eigenvalue weighted by Gasteiger charge is -2.32. The number of hydrogen-bond donors (Lipinski definition) is 1. The van der Waals surface area contributed by atoms with Gasteiger partial charge in [0.05, 0.1) is 24.8 Å². The molecule has 0 aliphatic rings. The molecule has 0 saturated carbocycles. The lowest BCUT2D eigenvalue weighted by molar-refractivity contribution is -0.139. The van der Waals surface area contributed by atoms with Gasteiger partial charge < -0.3 is 19.7 Å². The highest BCUT2D eigenvalue weighted by molar-refractivity contribution is 7.92. The van der Waals surface area contributed by atoms with E-state index in [-0.39, 0.29) is 29.1 Å². The maximum atomic E-state index is 14.0. The molecule has 3 aromatic carbocycles. The summed E-state index contributed by atoms with van der Waals surface area (Å²) in [6.45, 7) is 6.70. The van der Waals surface area contributed by atoms with Crippen LogP contribution in [0, 0.1) is 6.92 Å². The van der Waals surface area contributed by atoms with E-state index in [1.165, 1.54) is 24.1 Å². The van der Waals surface area contributed by atoms with Gasteiger partial charge in [-0.15, -0.1) is 0 Å². The molecule has 3 rings (SSSR count). The molecule has 214 valence electrons. The number of rotatable bonds is 12. The molecule has 0 unspecified atom stereocenters. The first-order chi connectivity index (χ1) is 19.0. The summed E-state index contributed by atoms with van der Waals surface area (Å²) >= 11 is 0. The van der Waals surface area contributed by atoms with Gasteiger partial charge in [-0.25, -0.2) is 8.42 Å². The SMILES string of the molecule is COc1ccc(N(CC(=O)N(Cc2cccc(OC)c2)[C@H](C)C(=O)NC(C)C)S(=O)(=O)c2ccc(C)cc2)cc1. The summed E-state index contributed by atoms with van der Waals surface area (Å²) in [6, 6.07) is 19.0. The van der Waals surface area contributed by atoms with Crippen LogP contribution in [0.4, 0.5) is 5.69 Å². The van der Waals surface area contributed by atoms with Gasteiger partial charge in [0.1, 0.15) is 24.1 Å². The number of nitrogens with one attached hydrogen (secondary N) is 1. The van der Waals surface area contributed by atoms with E-state index in [4.69, 9.17) is 9.47 Å². The van der Waals surface area contributed by atoms with Gasteiger partial charge in [0.2, 0.25) is 11.8 Å². The standard InChI is InChI=1S/C30H37N3O6S/c1-21(2)31-30(35)23(4)32(19-24-8-7-9-27(18-24)39-6)29(34)20-33(25-12-14-26(38-5)15-13-25)40(36,37)28-16-10-22(3)11-17-28/h7-18,21,23H,19-20H2,1-6H3,(H,31,35)/t23-/m1/s1. The zero-order chi connectivity index (χ0) is 29.4. The van der Waals surface area contributed by atoms with Gasteiger partial charge in [0.15, 0.2) is 0 Å². The van der Waals surface area contributed by atoms with Crippen molar-refractivity contribution in [3.8, 4) is 11.5 Å². The Hall–Kier alpha value is -4.05. The third kappa shape index (κ3) is 7.53. The Kier molecular flexibility index (Phi) is 10.2. The number of benzene rings is 3. The maximum absolute atomic E-state index is 14.0. The lowest BCUT2D eigenvalue weighted by Crippen LogP contribution is -2.52. The zero-order valence-corrected chi connectivity index (χ0v) is 24.6. The fourth-order valence-corrected chi connectivity index (χ4v) is 5.48. The molecule has 40 heavy (non-hydrogen) atoms. The first-order valence-electron chi connectivity index (χ1n) is 12.9. The van der Waals surface area contributed by atoms with Gasteiger partial charge in [-0.3, -0.25) is 13.9 Å². The molecule has 1 N–H and O–H groups in total. The number of aryl methyl sites for hydroxylation is 1. The van der Waals surface area contributed by atoms with Crippen LogP contribution in [0.25, 0.3) is 0 Å². The van der Waals surface area contributed by atoms with Gasteiger partial charge in [-0.1, -0.05) is 29.8 Å². The lowest BCUT2D eigenvalue weighted by atomic mass is 10.1. The van der Waals surface area contributed by atoms with Crippen molar-refractivity contribution in [1.29, 1.82) is 0 Å². The summed E-state index contributed by atoms with van der Waals surface area (Å²) in [4.78, 5) is 28.4. The molecular weight excluding hydrogens is 530 g/mol. The summed E-state index contributed by atoms with van der Waals surface area (Å²) in [5, 5.41) is 2.84. The largest absolute Gasteiger partial charge is 0.497 e. The third-order valence-corrected chi connectivity index (χ3v) is 8.12. The molecule has 9 nitrogen and oxygen atoms in total. The predicted molar refractivity (Wildman–Crippen MR) is 155 cm³/mol. The van der Waals surface area contributed by atoms with Crippen molar-refractivity contribution in [1.82, 2.24) is 10.2 Å². The minimum Gasteiger partial charge on any atom is -0.497 e. The molecule has 0 heterocycles. The molecule has 0 spiro atoms. The van der Waals surface area contributed by atoms with Gasteiger partial charge in [0.25, 0.3) is 10.0 Å². The Bertz CT molecular complexity index is 1410. The van der Waals surface area contributed by atoms with Gasteiger partial charge in [-0.05, 0) is 81.8 Å². The molecule has 0 fully saturated rings. The van der Waals surface area contributed by atoms with E-state index >= 15 is 0 Å². The summed E-state index contributed by atoms with van der Waals surface area (Å²) in [6.07, 6.45) is 0. The Morgan fingerprint density at radius 2 is 1.50 bits per heavy atom. The molecule has 2 amide bonds. The average Bonchev–Trinajstić information content (AvgIpc) is 2.94. The smallest absolute Gasteiger partial charge is 0.264 e. The zero-order valence-electron chi connectivity index (χ0n) is 23.7. The normalized spacial score (nSPS) is 12.0. The fraction of sp³-hybridized carbons (Fsp3) is 0.333. The van der Waals surface area contributed by atoms with Crippen molar-refractivity contribution in [2.75, 3.05) is 25.1 Å². The van der Waals surface area contributed by atoms with Crippen LogP contribution in [-0.4, -0.2) is 58.0 Å². The quantitative estimate of drug-likeness (QED) is 0.353. The molecule has 1 atom stereocenters. The molecular formula is C30H37N3O6S.